The Morgan fingerprint density at radius 3 is 2.52 bits per heavy atom. The molecule has 3 aromatic rings. The molecular formula is C24H26F3N3O3. The Morgan fingerprint density at radius 1 is 1.15 bits per heavy atom. The van der Waals surface area contributed by atoms with Crippen molar-refractivity contribution >= 4 is 5.91 Å². The van der Waals surface area contributed by atoms with E-state index in [0.717, 1.165) is 17.7 Å². The molecule has 0 fully saturated rings. The molecule has 2 aromatic carbocycles. The van der Waals surface area contributed by atoms with Crippen LogP contribution in [-0.2, 0) is 17.4 Å². The van der Waals surface area contributed by atoms with Crippen molar-refractivity contribution in [2.24, 2.45) is 5.92 Å². The molecule has 1 heterocycles. The summed E-state index contributed by atoms with van der Waals surface area (Å²) in [7, 11) is 1.57. The highest BCUT2D eigenvalue weighted by atomic mass is 19.4. The number of rotatable bonds is 9. The number of aryl methyl sites for hydroxylation is 1. The first-order valence-corrected chi connectivity index (χ1v) is 10.6. The van der Waals surface area contributed by atoms with Crippen molar-refractivity contribution in [1.29, 1.82) is 0 Å². The number of amides is 1. The molecule has 0 radical (unpaired) electrons. The fourth-order valence-electron chi connectivity index (χ4n) is 3.38. The maximum atomic E-state index is 13.1. The molecule has 1 aromatic heterocycles. The van der Waals surface area contributed by atoms with Crippen molar-refractivity contribution in [2.75, 3.05) is 7.11 Å². The standard InChI is InChI=1S/C24H26F3N3O3/c1-15(2)13-20(17-5-4-6-18(14-17)24(25,26)27)28-21(31)11-12-22-29-23(30-33-22)16-7-9-19(32-3)10-8-16/h4-10,14-15,20H,11-13H2,1-3H3,(H,28,31)/t20-/m0/s1. The van der Waals surface area contributed by atoms with E-state index >= 15 is 0 Å². The van der Waals surface area contributed by atoms with Crippen molar-refractivity contribution in [3.05, 3.63) is 65.5 Å². The summed E-state index contributed by atoms with van der Waals surface area (Å²) in [4.78, 5) is 16.9. The van der Waals surface area contributed by atoms with E-state index in [1.54, 1.807) is 37.4 Å². The number of methoxy groups -OCH3 is 1. The number of halogens is 3. The molecule has 0 spiro atoms. The van der Waals surface area contributed by atoms with Gasteiger partial charge in [0.25, 0.3) is 0 Å². The summed E-state index contributed by atoms with van der Waals surface area (Å²) < 4.78 is 49.7. The van der Waals surface area contributed by atoms with Crippen LogP contribution >= 0.6 is 0 Å². The van der Waals surface area contributed by atoms with Crippen LogP contribution in [0.1, 0.15) is 49.7 Å². The molecule has 1 amide bonds. The fourth-order valence-corrected chi connectivity index (χ4v) is 3.38. The van der Waals surface area contributed by atoms with E-state index in [0.29, 0.717) is 29.4 Å². The van der Waals surface area contributed by atoms with Crippen LogP contribution in [0.2, 0.25) is 0 Å². The normalized spacial score (nSPS) is 12.6. The lowest BCUT2D eigenvalue weighted by molar-refractivity contribution is -0.137. The molecule has 9 heteroatoms. The van der Waals surface area contributed by atoms with Crippen LogP contribution in [0.15, 0.2) is 53.1 Å². The van der Waals surface area contributed by atoms with Crippen LogP contribution in [0.4, 0.5) is 13.2 Å². The minimum atomic E-state index is -4.44. The summed E-state index contributed by atoms with van der Waals surface area (Å²) in [5, 5.41) is 6.79. The molecule has 0 saturated heterocycles. The topological polar surface area (TPSA) is 77.2 Å². The Morgan fingerprint density at radius 2 is 1.88 bits per heavy atom. The lowest BCUT2D eigenvalue weighted by Gasteiger charge is -2.22. The summed E-state index contributed by atoms with van der Waals surface area (Å²) in [5.74, 6) is 1.27. The van der Waals surface area contributed by atoms with Crippen LogP contribution in [0, 0.1) is 5.92 Å². The molecule has 0 bridgehead atoms. The Balaban J connectivity index is 1.63. The second-order valence-corrected chi connectivity index (χ2v) is 8.11. The second kappa shape index (κ2) is 10.5. The Bertz CT molecular complexity index is 1060. The zero-order chi connectivity index (χ0) is 24.0. The summed E-state index contributed by atoms with van der Waals surface area (Å²) >= 11 is 0. The average Bonchev–Trinajstić information content (AvgIpc) is 3.26. The number of benzene rings is 2. The van der Waals surface area contributed by atoms with E-state index in [9.17, 15) is 18.0 Å². The molecule has 1 atom stereocenters. The number of carbonyl (C=O) groups is 1. The lowest BCUT2D eigenvalue weighted by Crippen LogP contribution is -2.30. The molecule has 1 N–H and O–H groups in total. The third-order valence-corrected chi connectivity index (χ3v) is 5.04. The van der Waals surface area contributed by atoms with E-state index in [2.05, 4.69) is 15.5 Å². The quantitative estimate of drug-likeness (QED) is 0.449. The summed E-state index contributed by atoms with van der Waals surface area (Å²) in [6.45, 7) is 3.90. The van der Waals surface area contributed by atoms with Crippen LogP contribution < -0.4 is 10.1 Å². The monoisotopic (exact) mass is 461 g/mol. The maximum absolute atomic E-state index is 13.1. The van der Waals surface area contributed by atoms with E-state index in [-0.39, 0.29) is 24.7 Å². The van der Waals surface area contributed by atoms with E-state index in [4.69, 9.17) is 9.26 Å². The predicted molar refractivity (Wildman–Crippen MR) is 116 cm³/mol. The number of hydrogen-bond donors (Lipinski definition) is 1. The minimum absolute atomic E-state index is 0.0673. The van der Waals surface area contributed by atoms with Crippen molar-refractivity contribution in [2.45, 2.75) is 45.3 Å². The Hall–Kier alpha value is -3.36. The first-order valence-electron chi connectivity index (χ1n) is 10.6. The van der Waals surface area contributed by atoms with Gasteiger partial charge in [0.15, 0.2) is 0 Å². The second-order valence-electron chi connectivity index (χ2n) is 8.11. The van der Waals surface area contributed by atoms with Crippen molar-refractivity contribution in [1.82, 2.24) is 15.5 Å². The summed E-state index contributed by atoms with van der Waals surface area (Å²) in [6.07, 6.45) is -3.65. The Labute approximate surface area is 190 Å². The largest absolute Gasteiger partial charge is 0.497 e. The van der Waals surface area contributed by atoms with E-state index in [1.165, 1.54) is 6.07 Å². The molecule has 33 heavy (non-hydrogen) atoms. The van der Waals surface area contributed by atoms with Gasteiger partial charge in [0.1, 0.15) is 5.75 Å². The highest BCUT2D eigenvalue weighted by Crippen LogP contribution is 2.32. The van der Waals surface area contributed by atoms with Crippen molar-refractivity contribution in [3.8, 4) is 17.1 Å². The van der Waals surface area contributed by atoms with Gasteiger partial charge in [0.2, 0.25) is 17.6 Å². The van der Waals surface area contributed by atoms with Gasteiger partial charge in [-0.3, -0.25) is 4.79 Å². The predicted octanol–water partition coefficient (Wildman–Crippen LogP) is 5.60. The maximum Gasteiger partial charge on any atom is 0.416 e. The number of aromatic nitrogens is 2. The molecular weight excluding hydrogens is 435 g/mol. The van der Waals surface area contributed by atoms with Crippen LogP contribution in [0.3, 0.4) is 0 Å². The number of nitrogens with one attached hydrogen (secondary N) is 1. The summed E-state index contributed by atoms with van der Waals surface area (Å²) in [6, 6.07) is 11.7. The molecule has 0 unspecified atom stereocenters. The number of carbonyl (C=O) groups excluding carboxylic acids is 1. The number of nitrogens with zero attached hydrogens (tertiary/aromatic N) is 2. The van der Waals surface area contributed by atoms with Gasteiger partial charge in [-0.15, -0.1) is 0 Å². The zero-order valence-electron chi connectivity index (χ0n) is 18.6. The van der Waals surface area contributed by atoms with Crippen molar-refractivity contribution < 1.29 is 27.2 Å². The van der Waals surface area contributed by atoms with Gasteiger partial charge >= 0.3 is 6.18 Å². The first kappa shape index (κ1) is 24.3. The smallest absolute Gasteiger partial charge is 0.416 e. The summed E-state index contributed by atoms with van der Waals surface area (Å²) in [5.41, 5.74) is 0.433. The third-order valence-electron chi connectivity index (χ3n) is 5.04. The molecule has 3 rings (SSSR count). The van der Waals surface area contributed by atoms with Gasteiger partial charge < -0.3 is 14.6 Å². The van der Waals surface area contributed by atoms with Crippen LogP contribution in [0.5, 0.6) is 5.75 Å². The minimum Gasteiger partial charge on any atom is -0.497 e. The molecule has 0 saturated carbocycles. The number of hydrogen-bond acceptors (Lipinski definition) is 5. The molecule has 6 nitrogen and oxygen atoms in total. The van der Waals surface area contributed by atoms with Gasteiger partial charge in [0.05, 0.1) is 18.7 Å². The van der Waals surface area contributed by atoms with Crippen LogP contribution in [-0.4, -0.2) is 23.2 Å². The third kappa shape index (κ3) is 6.81. The van der Waals surface area contributed by atoms with Crippen LogP contribution in [0.25, 0.3) is 11.4 Å². The first-order chi connectivity index (χ1) is 15.7. The van der Waals surface area contributed by atoms with Gasteiger partial charge in [-0.05, 0) is 54.3 Å². The zero-order valence-corrected chi connectivity index (χ0v) is 18.6. The van der Waals surface area contributed by atoms with E-state index < -0.39 is 17.8 Å². The van der Waals surface area contributed by atoms with Gasteiger partial charge in [-0.2, -0.15) is 18.2 Å². The molecule has 0 aliphatic heterocycles. The Kier molecular flexibility index (Phi) is 7.73. The highest BCUT2D eigenvalue weighted by Gasteiger charge is 2.31. The molecule has 0 aliphatic rings. The van der Waals surface area contributed by atoms with Gasteiger partial charge in [0, 0.05) is 18.4 Å². The van der Waals surface area contributed by atoms with E-state index in [1.807, 2.05) is 13.8 Å². The molecule has 0 aliphatic carbocycles. The van der Waals surface area contributed by atoms with Crippen molar-refractivity contribution in [3.63, 3.8) is 0 Å². The number of alkyl halides is 3. The SMILES string of the molecule is COc1ccc(-c2noc(CCC(=O)N[C@@H](CC(C)C)c3cccc(C(F)(F)F)c3)n2)cc1. The average molecular weight is 461 g/mol. The van der Waals surface area contributed by atoms with Gasteiger partial charge in [-0.1, -0.05) is 31.1 Å². The number of ether oxygens (including phenoxy) is 1. The molecule has 176 valence electrons. The fraction of sp³-hybridized carbons (Fsp3) is 0.375. The lowest BCUT2D eigenvalue weighted by atomic mass is 9.95. The highest BCUT2D eigenvalue weighted by molar-refractivity contribution is 5.76. The van der Waals surface area contributed by atoms with Gasteiger partial charge in [-0.25, -0.2) is 0 Å².